The van der Waals surface area contributed by atoms with Gasteiger partial charge in [0, 0.05) is 59.7 Å². The van der Waals surface area contributed by atoms with Crippen molar-refractivity contribution in [1.29, 1.82) is 0 Å². The zero-order valence-corrected chi connectivity index (χ0v) is 28.7. The minimum Gasteiger partial charge on any atom is -0.481 e. The third kappa shape index (κ3) is 6.12. The quantitative estimate of drug-likeness (QED) is 0.180. The minimum absolute atomic E-state index is 0.0194. The standard InChI is InChI=1S/C38H37F2N5O5S/c1-22-2-12-28(13-3-22)51(48,49)45-21-30(29-18-26(39)19-31(40)36(29)45)37-41-32(23-8-10-27(11-9-23)44-14-16-50-17-15-44)20-33(43-37)42-35-25-6-4-24(5-7-25)34(35)38(46)47/h2-3,8-13,18-21,24-25,34-35H,4-7,14-17H2,1H3,(H,46,47)(H,41,42,43). The molecule has 3 aliphatic carbocycles. The SMILES string of the molecule is Cc1ccc(S(=O)(=O)n2cc(-c3nc(NC4C5CCC(CC5)C4C(=O)O)cc(-c4ccc(N5CCOCC5)cc4)n3)c3cc(F)cc(F)c32)cc1. The van der Waals surface area contributed by atoms with E-state index < -0.39 is 33.5 Å². The predicted octanol–water partition coefficient (Wildman–Crippen LogP) is 6.73. The minimum atomic E-state index is -4.33. The maximum absolute atomic E-state index is 15.6. The highest BCUT2D eigenvalue weighted by molar-refractivity contribution is 7.90. The van der Waals surface area contributed by atoms with E-state index in [1.807, 2.05) is 31.2 Å². The first-order valence-electron chi connectivity index (χ1n) is 17.2. The molecule has 2 atom stereocenters. The average molecular weight is 714 g/mol. The van der Waals surface area contributed by atoms with Crippen LogP contribution in [0.5, 0.6) is 0 Å². The van der Waals surface area contributed by atoms with Crippen molar-refractivity contribution in [2.24, 2.45) is 17.8 Å². The fourth-order valence-corrected chi connectivity index (χ4v) is 9.45. The zero-order chi connectivity index (χ0) is 35.4. The number of morpholine rings is 1. The summed E-state index contributed by atoms with van der Waals surface area (Å²) in [6, 6.07) is 17.1. The van der Waals surface area contributed by atoms with Crippen molar-refractivity contribution in [3.8, 4) is 22.6 Å². The molecule has 1 aliphatic heterocycles. The summed E-state index contributed by atoms with van der Waals surface area (Å²) in [5.74, 6) is -2.83. The highest BCUT2D eigenvalue weighted by Gasteiger charge is 2.47. The molecule has 0 amide bonds. The Morgan fingerprint density at radius 3 is 2.29 bits per heavy atom. The van der Waals surface area contributed by atoms with Crippen molar-refractivity contribution in [2.45, 2.75) is 43.5 Å². The Labute approximate surface area is 294 Å². The molecule has 0 radical (unpaired) electrons. The smallest absolute Gasteiger partial charge is 0.308 e. The van der Waals surface area contributed by atoms with E-state index in [-0.39, 0.29) is 45.1 Å². The molecule has 3 heterocycles. The number of nitrogens with one attached hydrogen (secondary N) is 1. The highest BCUT2D eigenvalue weighted by atomic mass is 32.2. The van der Waals surface area contributed by atoms with Gasteiger partial charge in [0.1, 0.15) is 17.2 Å². The lowest BCUT2D eigenvalue weighted by atomic mass is 9.61. The molecule has 2 bridgehead atoms. The summed E-state index contributed by atoms with van der Waals surface area (Å²) in [6.07, 6.45) is 4.77. The summed E-state index contributed by atoms with van der Waals surface area (Å²) in [5.41, 5.74) is 2.84. The molecule has 51 heavy (non-hydrogen) atoms. The maximum Gasteiger partial charge on any atom is 0.308 e. The number of carbonyl (C=O) groups is 1. The summed E-state index contributed by atoms with van der Waals surface area (Å²) >= 11 is 0. The molecule has 2 N–H and O–H groups in total. The summed E-state index contributed by atoms with van der Waals surface area (Å²) in [7, 11) is -4.33. The number of nitrogens with zero attached hydrogens (tertiary/aromatic N) is 4. The van der Waals surface area contributed by atoms with Crippen molar-refractivity contribution in [1.82, 2.24) is 13.9 Å². The van der Waals surface area contributed by atoms with Gasteiger partial charge in [-0.05, 0) is 74.8 Å². The molecule has 264 valence electrons. The van der Waals surface area contributed by atoms with Crippen LogP contribution < -0.4 is 10.2 Å². The molecule has 3 saturated carbocycles. The van der Waals surface area contributed by atoms with Crippen LogP contribution in [-0.4, -0.2) is 65.8 Å². The Bertz CT molecular complexity index is 2230. The number of carboxylic acids is 1. The van der Waals surface area contributed by atoms with Gasteiger partial charge in [0.05, 0.1) is 29.7 Å². The topological polar surface area (TPSA) is 127 Å². The molecule has 4 fully saturated rings. The number of rotatable bonds is 8. The number of aliphatic carboxylic acids is 1. The van der Waals surface area contributed by atoms with Crippen molar-refractivity contribution in [3.05, 3.63) is 90.1 Å². The van der Waals surface area contributed by atoms with Gasteiger partial charge in [-0.2, -0.15) is 0 Å². The molecule has 9 rings (SSSR count). The largest absolute Gasteiger partial charge is 0.481 e. The summed E-state index contributed by atoms with van der Waals surface area (Å²) in [5, 5.41) is 13.7. The first-order chi connectivity index (χ1) is 24.6. The molecular formula is C38H37F2N5O5S. The number of carboxylic acid groups (broad SMARTS) is 1. The molecule has 5 aromatic rings. The second-order valence-corrected chi connectivity index (χ2v) is 15.6. The molecule has 10 nitrogen and oxygen atoms in total. The lowest BCUT2D eigenvalue weighted by molar-refractivity contribution is -0.148. The number of halogens is 2. The fraction of sp³-hybridized carbons (Fsp3) is 0.342. The predicted molar refractivity (Wildman–Crippen MR) is 189 cm³/mol. The van der Waals surface area contributed by atoms with Gasteiger partial charge < -0.3 is 20.1 Å². The van der Waals surface area contributed by atoms with Crippen LogP contribution in [0.1, 0.15) is 31.2 Å². The van der Waals surface area contributed by atoms with Crippen molar-refractivity contribution in [3.63, 3.8) is 0 Å². The van der Waals surface area contributed by atoms with Gasteiger partial charge in [0.25, 0.3) is 10.0 Å². The Morgan fingerprint density at radius 2 is 1.61 bits per heavy atom. The second kappa shape index (κ2) is 13.0. The normalized spacial score (nSPS) is 22.0. The first-order valence-corrected chi connectivity index (χ1v) is 18.6. The monoisotopic (exact) mass is 713 g/mol. The molecule has 2 aromatic heterocycles. The van der Waals surface area contributed by atoms with Crippen LogP contribution in [0.15, 0.2) is 77.8 Å². The Balaban J connectivity index is 1.28. The van der Waals surface area contributed by atoms with Crippen molar-refractivity contribution >= 4 is 38.4 Å². The number of aryl methyl sites for hydroxylation is 1. The van der Waals surface area contributed by atoms with E-state index in [9.17, 15) is 22.7 Å². The van der Waals surface area contributed by atoms with Crippen LogP contribution >= 0.6 is 0 Å². The summed E-state index contributed by atoms with van der Waals surface area (Å²) in [4.78, 5) is 24.3. The Kier molecular flexibility index (Phi) is 8.50. The van der Waals surface area contributed by atoms with Gasteiger partial charge >= 0.3 is 5.97 Å². The van der Waals surface area contributed by atoms with E-state index in [0.29, 0.717) is 30.8 Å². The summed E-state index contributed by atoms with van der Waals surface area (Å²) in [6.45, 7) is 4.64. The highest BCUT2D eigenvalue weighted by Crippen LogP contribution is 2.46. The van der Waals surface area contributed by atoms with Crippen LogP contribution in [0, 0.1) is 36.3 Å². The number of benzene rings is 3. The number of aromatic nitrogens is 3. The molecular weight excluding hydrogens is 677 g/mol. The summed E-state index contributed by atoms with van der Waals surface area (Å²) < 4.78 is 64.8. The number of anilines is 2. The molecule has 2 unspecified atom stereocenters. The van der Waals surface area contributed by atoms with E-state index in [1.54, 1.807) is 18.2 Å². The van der Waals surface area contributed by atoms with Gasteiger partial charge in [-0.3, -0.25) is 4.79 Å². The second-order valence-electron chi connectivity index (χ2n) is 13.8. The van der Waals surface area contributed by atoms with E-state index >= 15 is 4.39 Å². The lowest BCUT2D eigenvalue weighted by Crippen LogP contribution is -2.51. The van der Waals surface area contributed by atoms with Gasteiger partial charge in [-0.15, -0.1) is 0 Å². The van der Waals surface area contributed by atoms with Gasteiger partial charge in [-0.1, -0.05) is 29.8 Å². The lowest BCUT2D eigenvalue weighted by Gasteiger charge is -2.47. The maximum atomic E-state index is 15.6. The zero-order valence-electron chi connectivity index (χ0n) is 27.9. The molecule has 3 aromatic carbocycles. The van der Waals surface area contributed by atoms with Crippen LogP contribution in [0.4, 0.5) is 20.3 Å². The first kappa shape index (κ1) is 33.3. The van der Waals surface area contributed by atoms with Gasteiger partial charge in [0.15, 0.2) is 11.6 Å². The van der Waals surface area contributed by atoms with Crippen LogP contribution in [0.2, 0.25) is 0 Å². The van der Waals surface area contributed by atoms with E-state index in [4.69, 9.17) is 14.7 Å². The molecule has 4 aliphatic rings. The number of hydrogen-bond acceptors (Lipinski definition) is 8. The van der Waals surface area contributed by atoms with E-state index in [1.165, 1.54) is 18.3 Å². The Hall–Kier alpha value is -4.88. The fourth-order valence-electron chi connectivity index (χ4n) is 8.08. The average Bonchev–Trinajstić information content (AvgIpc) is 3.53. The van der Waals surface area contributed by atoms with Crippen LogP contribution in [0.25, 0.3) is 33.5 Å². The van der Waals surface area contributed by atoms with Crippen molar-refractivity contribution in [2.75, 3.05) is 36.5 Å². The number of fused-ring (bicyclic) bond motifs is 4. The van der Waals surface area contributed by atoms with Gasteiger partial charge in [-0.25, -0.2) is 31.1 Å². The number of hydrogen-bond donors (Lipinski definition) is 2. The van der Waals surface area contributed by atoms with E-state index in [2.05, 4.69) is 10.2 Å². The third-order valence-corrected chi connectivity index (χ3v) is 12.4. The molecule has 13 heteroatoms. The Morgan fingerprint density at radius 1 is 0.922 bits per heavy atom. The van der Waals surface area contributed by atoms with E-state index in [0.717, 1.165) is 65.6 Å². The molecule has 1 saturated heterocycles. The van der Waals surface area contributed by atoms with Crippen LogP contribution in [-0.2, 0) is 19.6 Å². The third-order valence-electron chi connectivity index (χ3n) is 10.7. The van der Waals surface area contributed by atoms with Crippen LogP contribution in [0.3, 0.4) is 0 Å². The van der Waals surface area contributed by atoms with Gasteiger partial charge in [0.2, 0.25) is 0 Å². The number of ether oxygens (including phenoxy) is 1. The molecule has 0 spiro atoms. The van der Waals surface area contributed by atoms with Crippen molar-refractivity contribution < 1.29 is 31.8 Å².